The average molecular weight is 237 g/mol. The first-order valence-electron chi connectivity index (χ1n) is 6.33. The molecule has 2 unspecified atom stereocenters. The first kappa shape index (κ1) is 12.5. The molecule has 2 atom stereocenters. The lowest BCUT2D eigenvalue weighted by atomic mass is 10.1. The molecule has 1 fully saturated rings. The SMILES string of the molecule is CCC(c1ccc(F)cn1)N1CCCC1CN. The molecule has 17 heavy (non-hydrogen) atoms. The maximum atomic E-state index is 12.9. The molecular formula is C13H20FN3. The third-order valence-electron chi connectivity index (χ3n) is 3.57. The normalized spacial score (nSPS) is 22.9. The summed E-state index contributed by atoms with van der Waals surface area (Å²) in [4.78, 5) is 6.62. The lowest BCUT2D eigenvalue weighted by Crippen LogP contribution is -2.38. The van der Waals surface area contributed by atoms with Crippen molar-refractivity contribution in [3.8, 4) is 0 Å². The summed E-state index contributed by atoms with van der Waals surface area (Å²) in [7, 11) is 0. The Morgan fingerprint density at radius 1 is 1.59 bits per heavy atom. The third-order valence-corrected chi connectivity index (χ3v) is 3.57. The largest absolute Gasteiger partial charge is 0.329 e. The van der Waals surface area contributed by atoms with E-state index in [9.17, 15) is 4.39 Å². The minimum Gasteiger partial charge on any atom is -0.329 e. The van der Waals surface area contributed by atoms with Crippen LogP contribution in [0.3, 0.4) is 0 Å². The highest BCUT2D eigenvalue weighted by molar-refractivity contribution is 5.11. The van der Waals surface area contributed by atoms with E-state index >= 15 is 0 Å². The minimum absolute atomic E-state index is 0.270. The van der Waals surface area contributed by atoms with Gasteiger partial charge in [0.05, 0.1) is 17.9 Å². The number of likely N-dealkylation sites (tertiary alicyclic amines) is 1. The summed E-state index contributed by atoms with van der Waals surface area (Å²) >= 11 is 0. The summed E-state index contributed by atoms with van der Waals surface area (Å²) in [5.74, 6) is -0.277. The molecule has 1 saturated heterocycles. The van der Waals surface area contributed by atoms with Gasteiger partial charge >= 0.3 is 0 Å². The highest BCUT2D eigenvalue weighted by Gasteiger charge is 2.30. The van der Waals surface area contributed by atoms with Crippen molar-refractivity contribution in [2.45, 2.75) is 38.3 Å². The van der Waals surface area contributed by atoms with Gasteiger partial charge in [0.1, 0.15) is 5.82 Å². The molecular weight excluding hydrogens is 217 g/mol. The lowest BCUT2D eigenvalue weighted by molar-refractivity contribution is 0.175. The van der Waals surface area contributed by atoms with E-state index in [1.54, 1.807) is 6.07 Å². The Bertz CT molecular complexity index is 352. The standard InChI is InChI=1S/C13H20FN3/c1-2-13(12-6-5-10(14)9-16-12)17-7-3-4-11(17)8-15/h5-6,9,11,13H,2-4,7-8,15H2,1H3. The monoisotopic (exact) mass is 237 g/mol. The molecule has 2 heterocycles. The van der Waals surface area contributed by atoms with E-state index in [1.165, 1.54) is 18.7 Å². The van der Waals surface area contributed by atoms with Gasteiger partial charge in [-0.2, -0.15) is 0 Å². The Morgan fingerprint density at radius 3 is 3.00 bits per heavy atom. The Balaban J connectivity index is 2.18. The zero-order valence-corrected chi connectivity index (χ0v) is 10.3. The van der Waals surface area contributed by atoms with E-state index < -0.39 is 0 Å². The van der Waals surface area contributed by atoms with E-state index in [2.05, 4.69) is 16.8 Å². The number of nitrogens with two attached hydrogens (primary N) is 1. The quantitative estimate of drug-likeness (QED) is 0.872. The fraction of sp³-hybridized carbons (Fsp3) is 0.615. The molecule has 0 spiro atoms. The van der Waals surface area contributed by atoms with E-state index in [4.69, 9.17) is 5.73 Å². The van der Waals surface area contributed by atoms with Crippen molar-refractivity contribution in [1.29, 1.82) is 0 Å². The molecule has 1 aliphatic heterocycles. The van der Waals surface area contributed by atoms with Crippen molar-refractivity contribution in [1.82, 2.24) is 9.88 Å². The number of pyridine rings is 1. The summed E-state index contributed by atoms with van der Waals surface area (Å²) in [6, 6.07) is 3.99. The summed E-state index contributed by atoms with van der Waals surface area (Å²) < 4.78 is 12.9. The topological polar surface area (TPSA) is 42.2 Å². The molecule has 1 aliphatic rings. The van der Waals surface area contributed by atoms with Gasteiger partial charge in [0.2, 0.25) is 0 Å². The Kier molecular flexibility index (Phi) is 4.07. The van der Waals surface area contributed by atoms with Crippen molar-refractivity contribution in [3.05, 3.63) is 29.8 Å². The number of hydrogen-bond acceptors (Lipinski definition) is 3. The van der Waals surface area contributed by atoms with Gasteiger partial charge in [-0.25, -0.2) is 4.39 Å². The van der Waals surface area contributed by atoms with Crippen LogP contribution in [-0.2, 0) is 0 Å². The van der Waals surface area contributed by atoms with E-state index in [0.29, 0.717) is 12.6 Å². The van der Waals surface area contributed by atoms with Crippen LogP contribution in [0.5, 0.6) is 0 Å². The van der Waals surface area contributed by atoms with Crippen LogP contribution in [0, 0.1) is 5.82 Å². The number of aromatic nitrogens is 1. The third kappa shape index (κ3) is 2.64. The lowest BCUT2D eigenvalue weighted by Gasteiger charge is -2.31. The molecule has 0 amide bonds. The smallest absolute Gasteiger partial charge is 0.141 e. The number of nitrogens with zero attached hydrogens (tertiary/aromatic N) is 2. The summed E-state index contributed by atoms with van der Waals surface area (Å²) in [5, 5.41) is 0. The Labute approximate surface area is 102 Å². The van der Waals surface area contributed by atoms with Crippen LogP contribution in [0.15, 0.2) is 18.3 Å². The van der Waals surface area contributed by atoms with Crippen LogP contribution < -0.4 is 5.73 Å². The average Bonchev–Trinajstić information content (AvgIpc) is 2.81. The minimum atomic E-state index is -0.277. The highest BCUT2D eigenvalue weighted by Crippen LogP contribution is 2.30. The maximum absolute atomic E-state index is 12.9. The van der Waals surface area contributed by atoms with Crippen LogP contribution in [0.4, 0.5) is 4.39 Å². The van der Waals surface area contributed by atoms with Gasteiger partial charge < -0.3 is 5.73 Å². The Morgan fingerprint density at radius 2 is 2.41 bits per heavy atom. The fourth-order valence-corrected chi connectivity index (χ4v) is 2.72. The van der Waals surface area contributed by atoms with Crippen LogP contribution in [0.25, 0.3) is 0 Å². The number of hydrogen-bond donors (Lipinski definition) is 1. The molecule has 0 radical (unpaired) electrons. The molecule has 94 valence electrons. The van der Waals surface area contributed by atoms with Crippen molar-refractivity contribution in [2.24, 2.45) is 5.73 Å². The molecule has 3 nitrogen and oxygen atoms in total. The predicted octanol–water partition coefficient (Wildman–Crippen LogP) is 2.09. The zero-order chi connectivity index (χ0) is 12.3. The summed E-state index contributed by atoms with van der Waals surface area (Å²) in [6.45, 7) is 3.90. The summed E-state index contributed by atoms with van der Waals surface area (Å²) in [5.41, 5.74) is 6.75. The van der Waals surface area contributed by atoms with Crippen molar-refractivity contribution in [3.63, 3.8) is 0 Å². The van der Waals surface area contributed by atoms with Crippen LogP contribution in [0.1, 0.15) is 37.9 Å². The molecule has 0 bridgehead atoms. The van der Waals surface area contributed by atoms with Gasteiger partial charge in [-0.05, 0) is 37.9 Å². The van der Waals surface area contributed by atoms with Gasteiger partial charge in [-0.1, -0.05) is 6.92 Å². The van der Waals surface area contributed by atoms with Gasteiger partial charge in [0, 0.05) is 12.6 Å². The first-order valence-corrected chi connectivity index (χ1v) is 6.33. The second-order valence-corrected chi connectivity index (χ2v) is 4.59. The molecule has 2 N–H and O–H groups in total. The van der Waals surface area contributed by atoms with E-state index in [0.717, 1.165) is 25.1 Å². The highest BCUT2D eigenvalue weighted by atomic mass is 19.1. The van der Waals surface area contributed by atoms with Crippen LogP contribution >= 0.6 is 0 Å². The predicted molar refractivity (Wildman–Crippen MR) is 66.0 cm³/mol. The van der Waals surface area contributed by atoms with Crippen molar-refractivity contribution in [2.75, 3.05) is 13.1 Å². The maximum Gasteiger partial charge on any atom is 0.141 e. The molecule has 1 aromatic rings. The van der Waals surface area contributed by atoms with Crippen molar-refractivity contribution < 1.29 is 4.39 Å². The molecule has 0 saturated carbocycles. The fourth-order valence-electron chi connectivity index (χ4n) is 2.72. The van der Waals surface area contributed by atoms with Crippen molar-refractivity contribution >= 4 is 0 Å². The Hall–Kier alpha value is -1.00. The van der Waals surface area contributed by atoms with Gasteiger partial charge in [-0.3, -0.25) is 9.88 Å². The zero-order valence-electron chi connectivity index (χ0n) is 10.3. The van der Waals surface area contributed by atoms with E-state index in [-0.39, 0.29) is 11.9 Å². The molecule has 4 heteroatoms. The van der Waals surface area contributed by atoms with Gasteiger partial charge in [0.25, 0.3) is 0 Å². The second-order valence-electron chi connectivity index (χ2n) is 4.59. The first-order chi connectivity index (χ1) is 8.26. The molecule has 1 aromatic heterocycles. The summed E-state index contributed by atoms with van der Waals surface area (Å²) in [6.07, 6.45) is 4.63. The number of halogens is 1. The van der Waals surface area contributed by atoms with Crippen LogP contribution in [-0.4, -0.2) is 29.0 Å². The van der Waals surface area contributed by atoms with E-state index in [1.807, 2.05) is 0 Å². The van der Waals surface area contributed by atoms with Crippen LogP contribution in [0.2, 0.25) is 0 Å². The van der Waals surface area contributed by atoms with Gasteiger partial charge in [0.15, 0.2) is 0 Å². The molecule has 0 aromatic carbocycles. The molecule has 2 rings (SSSR count). The second kappa shape index (κ2) is 5.56. The molecule has 0 aliphatic carbocycles. The van der Waals surface area contributed by atoms with Gasteiger partial charge in [-0.15, -0.1) is 0 Å². The number of rotatable bonds is 4.